The van der Waals surface area contributed by atoms with Crippen LogP contribution in [0.5, 0.6) is 0 Å². The van der Waals surface area contributed by atoms with E-state index in [1.54, 1.807) is 6.20 Å². The first-order valence-electron chi connectivity index (χ1n) is 8.78. The van der Waals surface area contributed by atoms with E-state index in [-0.39, 0.29) is 0 Å². The van der Waals surface area contributed by atoms with Crippen molar-refractivity contribution in [2.45, 2.75) is 0 Å². The van der Waals surface area contributed by atoms with E-state index in [0.717, 1.165) is 37.6 Å². The predicted molar refractivity (Wildman–Crippen MR) is 110 cm³/mol. The molecule has 0 aliphatic carbocycles. The van der Waals surface area contributed by atoms with Crippen LogP contribution in [0.25, 0.3) is 11.1 Å². The van der Waals surface area contributed by atoms with Gasteiger partial charge in [-0.3, -0.25) is 0 Å². The van der Waals surface area contributed by atoms with Gasteiger partial charge >= 0.3 is 0 Å². The van der Waals surface area contributed by atoms with E-state index < -0.39 is 0 Å². The van der Waals surface area contributed by atoms with Gasteiger partial charge in [-0.15, -0.1) is 0 Å². The van der Waals surface area contributed by atoms with Gasteiger partial charge in [-0.05, 0) is 30.3 Å². The molecular weight excluding hydrogens is 362 g/mol. The molecule has 7 heteroatoms. The number of nitrogens with two attached hydrogens (primary N) is 1. The number of hydrogen-bond donors (Lipinski definition) is 2. The number of nitrogens with zero attached hydrogens (tertiary/aromatic N) is 3. The summed E-state index contributed by atoms with van der Waals surface area (Å²) in [5, 5.41) is 3.81. The first-order valence-corrected chi connectivity index (χ1v) is 9.16. The van der Waals surface area contributed by atoms with Crippen LogP contribution in [-0.2, 0) is 4.74 Å². The van der Waals surface area contributed by atoms with Gasteiger partial charge in [0.1, 0.15) is 5.82 Å². The van der Waals surface area contributed by atoms with Crippen molar-refractivity contribution in [3.8, 4) is 11.1 Å². The minimum Gasteiger partial charge on any atom is -0.383 e. The zero-order valence-electron chi connectivity index (χ0n) is 14.7. The number of benzene rings is 2. The number of nitrogen functional groups attached to an aromatic ring is 1. The molecule has 1 aliphatic heterocycles. The van der Waals surface area contributed by atoms with E-state index in [2.05, 4.69) is 32.3 Å². The van der Waals surface area contributed by atoms with Crippen molar-refractivity contribution in [1.82, 2.24) is 9.97 Å². The Hall–Kier alpha value is -2.83. The molecule has 6 nitrogen and oxygen atoms in total. The van der Waals surface area contributed by atoms with Crippen molar-refractivity contribution in [2.24, 2.45) is 0 Å². The molecule has 0 bridgehead atoms. The third-order valence-corrected chi connectivity index (χ3v) is 4.81. The molecule has 1 aromatic heterocycles. The van der Waals surface area contributed by atoms with Crippen molar-refractivity contribution >= 4 is 34.7 Å². The van der Waals surface area contributed by atoms with Crippen molar-refractivity contribution in [3.63, 3.8) is 0 Å². The Balaban J connectivity index is 1.50. The smallest absolute Gasteiger partial charge is 0.229 e. The molecule has 0 radical (unpaired) electrons. The molecule has 27 heavy (non-hydrogen) atoms. The van der Waals surface area contributed by atoms with Gasteiger partial charge in [0.25, 0.3) is 0 Å². The zero-order chi connectivity index (χ0) is 18.6. The number of nitrogens with one attached hydrogen (secondary N) is 1. The lowest BCUT2D eigenvalue weighted by atomic mass is 10.1. The molecule has 1 saturated heterocycles. The van der Waals surface area contributed by atoms with Crippen LogP contribution in [0.2, 0.25) is 5.02 Å². The van der Waals surface area contributed by atoms with Gasteiger partial charge in [-0.25, -0.2) is 4.98 Å². The SMILES string of the molecule is Nc1nc(Nc2ccc(N3CCOCC3)cc2)ncc1-c1ccccc1Cl. The molecule has 0 atom stereocenters. The average Bonchev–Trinajstić information content (AvgIpc) is 2.70. The second-order valence-corrected chi connectivity index (χ2v) is 6.65. The summed E-state index contributed by atoms with van der Waals surface area (Å²) >= 11 is 6.24. The average molecular weight is 382 g/mol. The molecular formula is C20H20ClN5O. The molecule has 0 spiro atoms. The van der Waals surface area contributed by atoms with Crippen molar-refractivity contribution < 1.29 is 4.74 Å². The van der Waals surface area contributed by atoms with Gasteiger partial charge in [-0.2, -0.15) is 4.98 Å². The number of rotatable bonds is 4. The fourth-order valence-corrected chi connectivity index (χ4v) is 3.29. The quantitative estimate of drug-likeness (QED) is 0.712. The van der Waals surface area contributed by atoms with Crippen molar-refractivity contribution in [3.05, 3.63) is 59.8 Å². The number of anilines is 4. The third kappa shape index (κ3) is 3.97. The number of ether oxygens (including phenoxy) is 1. The molecule has 0 amide bonds. The number of morpholine rings is 1. The molecule has 1 aliphatic rings. The second-order valence-electron chi connectivity index (χ2n) is 6.24. The highest BCUT2D eigenvalue weighted by molar-refractivity contribution is 6.33. The Bertz CT molecular complexity index is 926. The van der Waals surface area contributed by atoms with E-state index in [9.17, 15) is 0 Å². The summed E-state index contributed by atoms with van der Waals surface area (Å²) < 4.78 is 5.39. The Kier molecular flexibility index (Phi) is 5.09. The lowest BCUT2D eigenvalue weighted by Gasteiger charge is -2.28. The van der Waals surface area contributed by atoms with Crippen LogP contribution in [0.3, 0.4) is 0 Å². The van der Waals surface area contributed by atoms with E-state index in [4.69, 9.17) is 22.1 Å². The van der Waals surface area contributed by atoms with Crippen molar-refractivity contribution in [2.75, 3.05) is 42.3 Å². The molecule has 2 aromatic carbocycles. The summed E-state index contributed by atoms with van der Waals surface area (Å²) in [5.41, 5.74) is 9.74. The summed E-state index contributed by atoms with van der Waals surface area (Å²) in [6.45, 7) is 3.36. The minimum atomic E-state index is 0.380. The summed E-state index contributed by atoms with van der Waals surface area (Å²) in [6, 6.07) is 15.7. The molecule has 1 fully saturated rings. The summed E-state index contributed by atoms with van der Waals surface area (Å²) in [6.07, 6.45) is 1.69. The van der Waals surface area contributed by atoms with E-state index >= 15 is 0 Å². The standard InChI is InChI=1S/C20H20ClN5O/c21-18-4-2-1-3-16(18)17-13-23-20(25-19(17)22)24-14-5-7-15(8-6-14)26-9-11-27-12-10-26/h1-8,13H,9-12H2,(H3,22,23,24,25). The molecule has 3 aromatic rings. The largest absolute Gasteiger partial charge is 0.383 e. The fraction of sp³-hybridized carbons (Fsp3) is 0.200. The van der Waals surface area contributed by atoms with E-state index in [1.807, 2.05) is 36.4 Å². The molecule has 0 unspecified atom stereocenters. The van der Waals surface area contributed by atoms with Crippen LogP contribution >= 0.6 is 11.6 Å². The molecule has 4 rings (SSSR count). The van der Waals surface area contributed by atoms with Crippen LogP contribution in [0, 0.1) is 0 Å². The Morgan fingerprint density at radius 2 is 1.74 bits per heavy atom. The first kappa shape index (κ1) is 17.6. The highest BCUT2D eigenvalue weighted by Gasteiger charge is 2.12. The monoisotopic (exact) mass is 381 g/mol. The lowest BCUT2D eigenvalue weighted by molar-refractivity contribution is 0.122. The van der Waals surface area contributed by atoms with Crippen molar-refractivity contribution in [1.29, 1.82) is 0 Å². The van der Waals surface area contributed by atoms with Gasteiger partial charge in [0.15, 0.2) is 0 Å². The van der Waals surface area contributed by atoms with Crippen LogP contribution in [0.15, 0.2) is 54.7 Å². The molecule has 138 valence electrons. The van der Waals surface area contributed by atoms with Gasteiger partial charge in [0.2, 0.25) is 5.95 Å². The van der Waals surface area contributed by atoms with Crippen LogP contribution in [-0.4, -0.2) is 36.3 Å². The molecule has 0 saturated carbocycles. The maximum atomic E-state index is 6.24. The lowest BCUT2D eigenvalue weighted by Crippen LogP contribution is -2.36. The Labute approximate surface area is 163 Å². The van der Waals surface area contributed by atoms with Gasteiger partial charge < -0.3 is 20.7 Å². The maximum absolute atomic E-state index is 6.24. The summed E-state index contributed by atoms with van der Waals surface area (Å²) in [7, 11) is 0. The van der Waals surface area contributed by atoms with Crippen LogP contribution in [0.4, 0.5) is 23.1 Å². The van der Waals surface area contributed by atoms with E-state index in [1.165, 1.54) is 5.69 Å². The minimum absolute atomic E-state index is 0.380. The zero-order valence-corrected chi connectivity index (χ0v) is 15.5. The molecule has 2 heterocycles. The Morgan fingerprint density at radius 1 is 1.00 bits per heavy atom. The summed E-state index contributed by atoms with van der Waals surface area (Å²) in [4.78, 5) is 11.1. The first-order chi connectivity index (χ1) is 13.2. The Morgan fingerprint density at radius 3 is 2.44 bits per heavy atom. The maximum Gasteiger partial charge on any atom is 0.229 e. The third-order valence-electron chi connectivity index (χ3n) is 4.48. The van der Waals surface area contributed by atoms with Gasteiger partial charge in [0, 0.05) is 46.8 Å². The number of hydrogen-bond acceptors (Lipinski definition) is 6. The fourth-order valence-electron chi connectivity index (χ4n) is 3.05. The number of aromatic nitrogens is 2. The predicted octanol–water partition coefficient (Wildman–Crippen LogP) is 3.96. The summed E-state index contributed by atoms with van der Waals surface area (Å²) in [5.74, 6) is 0.827. The van der Waals surface area contributed by atoms with Gasteiger partial charge in [0.05, 0.1) is 13.2 Å². The van der Waals surface area contributed by atoms with Crippen LogP contribution < -0.4 is 16.0 Å². The number of halogens is 1. The highest BCUT2D eigenvalue weighted by Crippen LogP contribution is 2.31. The van der Waals surface area contributed by atoms with E-state index in [0.29, 0.717) is 22.4 Å². The van der Waals surface area contributed by atoms with Crippen LogP contribution in [0.1, 0.15) is 0 Å². The molecule has 3 N–H and O–H groups in total. The van der Waals surface area contributed by atoms with Gasteiger partial charge in [-0.1, -0.05) is 29.8 Å². The topological polar surface area (TPSA) is 76.3 Å². The highest BCUT2D eigenvalue weighted by atomic mass is 35.5. The second kappa shape index (κ2) is 7.82. The normalized spacial score (nSPS) is 14.2.